The van der Waals surface area contributed by atoms with Crippen molar-refractivity contribution in [2.24, 2.45) is 17.4 Å². The maximum Gasteiger partial charge on any atom is 0.419 e. The fourth-order valence-electron chi connectivity index (χ4n) is 15.0. The Hall–Kier alpha value is -12.6. The molecule has 682 valence electrons. The van der Waals surface area contributed by atoms with Gasteiger partial charge in [0.1, 0.15) is 101 Å². The van der Waals surface area contributed by atoms with Crippen LogP contribution < -0.4 is 84.4 Å². The van der Waals surface area contributed by atoms with E-state index in [9.17, 15) is 92.3 Å². The van der Waals surface area contributed by atoms with E-state index in [1.54, 1.807) is 38.3 Å². The highest BCUT2D eigenvalue weighted by atomic mass is 35.5. The van der Waals surface area contributed by atoms with Crippen molar-refractivity contribution in [3.63, 3.8) is 0 Å². The highest BCUT2D eigenvalue weighted by molar-refractivity contribution is 6.34. The van der Waals surface area contributed by atoms with Gasteiger partial charge in [-0.2, -0.15) is 13.2 Å². The van der Waals surface area contributed by atoms with Crippen LogP contribution in [0.3, 0.4) is 0 Å². The number of aliphatic hydroxyl groups is 6. The molecule has 7 aromatic rings. The Bertz CT molecular complexity index is 5510. The molecule has 7 heterocycles. The molecule has 18 atom stereocenters. The number of phenolic OH excluding ortho intramolecular Hbond substituents is 3. The van der Waals surface area contributed by atoms with Crippen LogP contribution in [0.15, 0.2) is 121 Å². The van der Waals surface area contributed by atoms with E-state index < -0.39 is 294 Å². The molecule has 0 aromatic heterocycles. The molecule has 128 heavy (non-hydrogen) atoms. The van der Waals surface area contributed by atoms with Gasteiger partial charge in [0.2, 0.25) is 53.4 Å². The van der Waals surface area contributed by atoms with Gasteiger partial charge < -0.3 is 134 Å². The van der Waals surface area contributed by atoms with E-state index in [0.29, 0.717) is 23.8 Å². The number of halogens is 6. The number of alkyl halides is 3. The van der Waals surface area contributed by atoms with E-state index in [4.69, 9.17) is 63.1 Å². The molecule has 2 fully saturated rings. The van der Waals surface area contributed by atoms with Crippen molar-refractivity contribution in [2.45, 2.75) is 169 Å². The summed E-state index contributed by atoms with van der Waals surface area (Å²) in [5.41, 5.74) is 8.28. The van der Waals surface area contributed by atoms with Crippen molar-refractivity contribution in [3.8, 4) is 57.1 Å². The normalized spacial score (nSPS) is 25.7. The van der Waals surface area contributed by atoms with Crippen molar-refractivity contribution in [1.29, 1.82) is 0 Å². The molecule has 14 rings (SSSR count). The van der Waals surface area contributed by atoms with Crippen LogP contribution in [0.25, 0.3) is 11.1 Å². The Kier molecular flexibility index (Phi) is 28.7. The molecule has 16 unspecified atom stereocenters. The second kappa shape index (κ2) is 38.9. The van der Waals surface area contributed by atoms with Gasteiger partial charge in [0.25, 0.3) is 11.8 Å². The molecule has 0 aliphatic carbocycles. The van der Waals surface area contributed by atoms with Crippen molar-refractivity contribution < 1.29 is 145 Å². The second-order valence-electron chi connectivity index (χ2n) is 31.3. The number of hydrogen-bond donors (Lipinski definition) is 22. The molecule has 11 amide bonds. The maximum absolute atomic E-state index is 16.3. The maximum atomic E-state index is 16.3. The molecule has 45 heteroatoms. The Morgan fingerprint density at radius 3 is 1.91 bits per heavy atom. The number of ether oxygens (including phenoxy) is 6. The first-order chi connectivity index (χ1) is 60.4. The first-order valence-electron chi connectivity index (χ1n) is 39.3. The van der Waals surface area contributed by atoms with Crippen LogP contribution in [0.1, 0.15) is 127 Å². The Morgan fingerprint density at radius 1 is 0.680 bits per heavy atom. The second-order valence-corrected chi connectivity index (χ2v) is 32.1. The fraction of sp³-hybridized carbons (Fsp3) is 0.361. The van der Waals surface area contributed by atoms with E-state index in [-0.39, 0.29) is 42.1 Å². The third kappa shape index (κ3) is 21.0. The predicted octanol–water partition coefficient (Wildman–Crippen LogP) is 1.90. The third-order valence-electron chi connectivity index (χ3n) is 21.7. The number of nitrogens with two attached hydrogens (primary N) is 2. The number of aliphatic hydroxyl groups excluding tert-OH is 6. The molecular weight excluding hydrogens is 1740 g/mol. The number of benzene rings is 7. The number of amides is 11. The molecule has 0 saturated carbocycles. The summed E-state index contributed by atoms with van der Waals surface area (Å²) in [6.45, 7) is 5.50. The first kappa shape index (κ1) is 94.5. The van der Waals surface area contributed by atoms with Crippen molar-refractivity contribution in [2.75, 3.05) is 19.0 Å². The van der Waals surface area contributed by atoms with Gasteiger partial charge in [0.15, 0.2) is 23.9 Å². The van der Waals surface area contributed by atoms with Crippen LogP contribution in [-0.2, 0) is 74.9 Å². The predicted molar refractivity (Wildman–Crippen MR) is 436 cm³/mol. The number of carbonyl (C=O) groups is 11. The monoisotopic (exact) mass is 1830 g/mol. The number of nitrogens with one attached hydrogen (secondary N) is 11. The SMILES string of the molecule is CNC(CC(C)C)C(=O)NC1C(=O)NC(CC(N)=O)C(=O)NC2C(=O)NC3C(=O)NC(C(=O)N[C@@H](C(=O)NNC(=O)C(N)=O)c4cc(O)cc(O)c4-c4cc3ccc4O)C(O)c3ccc(c(Cl)c3)Oc3cc2cc(c3OC2OC(CO)C(O)C(O)C2OC2C[C@@](C)(NCc3ccc(NC(=O)c4ccc(C(F)(F)F)c(F)c4)cc3)C(O)C(C)O2)Oc2ccc(cc2Cl)C1O. The largest absolute Gasteiger partial charge is 0.508 e. The lowest BCUT2D eigenvalue weighted by Gasteiger charge is -2.48. The average Bonchev–Trinajstić information content (AvgIpc) is 0.759. The summed E-state index contributed by atoms with van der Waals surface area (Å²) in [5, 5.41) is 129. The van der Waals surface area contributed by atoms with Gasteiger partial charge in [-0.3, -0.25) is 63.6 Å². The fourth-order valence-corrected chi connectivity index (χ4v) is 15.5. The molecule has 0 spiro atoms. The topological polar surface area (TPSA) is 610 Å². The van der Waals surface area contributed by atoms with Crippen LogP contribution in [0.4, 0.5) is 23.2 Å². The van der Waals surface area contributed by atoms with Crippen LogP contribution in [-0.4, -0.2) is 204 Å². The molecule has 24 N–H and O–H groups in total. The van der Waals surface area contributed by atoms with Gasteiger partial charge in [-0.25, -0.2) is 4.39 Å². The highest BCUT2D eigenvalue weighted by Gasteiger charge is 2.53. The van der Waals surface area contributed by atoms with Crippen LogP contribution in [0.2, 0.25) is 10.0 Å². The summed E-state index contributed by atoms with van der Waals surface area (Å²) >= 11 is 14.3. The van der Waals surface area contributed by atoms with Crippen molar-refractivity contribution in [1.82, 2.24) is 53.4 Å². The van der Waals surface area contributed by atoms with Crippen molar-refractivity contribution in [3.05, 3.63) is 182 Å². The standard InChI is InChI=1S/C83H87Cl2F4N13O26/c1-31(2)18-47(92-5)73(115)99-62-64(108)35-10-16-51(44(84)20-35)124-53-23-38-24-54(68(53)128-81-69(67(111)66(110)55(30-103)126-81)127-57-28-82(4,70(112)32(3)123-57)93-29-33-6-12-39(13-7-33)94-72(114)37-8-14-43(46(86)22-37)83(87,88)89)125-52-17-11-36(21-45(52)85)65(109)63-78(120)98-61(79(121)101-102-80(122)71(91)113)42-25-40(104)26-50(106)58(42)41-19-34(9-15-49(41)105)59(75(117)100-63)97-76(118)60(38)96-74(116)48(27-56(90)107)95-77(62)119/h6-17,19-26,31-32,47-48,55,57,59-67,69-70,81,92-93,103-106,108-112H,18,27-30H2,1-5H3,(H2,90,107)(H2,91,113)(H,94,114)(H,95,119)(H,96,116)(H,97,118)(H,98,120)(H,99,115)(H,100,117)(H,101,121)(H,102,122)/t32?,47?,48?,55?,57?,59?,60?,61-,62?,63?,64?,65?,66?,67?,69?,70?,81?,82-/m1/s1. The molecule has 39 nitrogen and oxygen atoms in total. The Balaban J connectivity index is 1.01. The average molecular weight is 1830 g/mol. The minimum atomic E-state index is -5.02. The summed E-state index contributed by atoms with van der Waals surface area (Å²) in [4.78, 5) is 157. The van der Waals surface area contributed by atoms with Gasteiger partial charge in [0.05, 0.1) is 46.9 Å². The first-order valence-corrected chi connectivity index (χ1v) is 40.0. The number of primary amides is 2. The Morgan fingerprint density at radius 2 is 1.30 bits per heavy atom. The lowest BCUT2D eigenvalue weighted by atomic mass is 9.84. The molecule has 7 aromatic carbocycles. The van der Waals surface area contributed by atoms with Gasteiger partial charge >= 0.3 is 18.0 Å². The lowest BCUT2D eigenvalue weighted by molar-refractivity contribution is -0.334. The molecule has 7 aliphatic heterocycles. The third-order valence-corrected chi connectivity index (χ3v) is 22.3. The highest BCUT2D eigenvalue weighted by Crippen LogP contribution is 2.50. The molecule has 0 radical (unpaired) electrons. The molecule has 2 saturated heterocycles. The van der Waals surface area contributed by atoms with E-state index in [0.717, 1.165) is 72.8 Å². The number of phenols is 3. The number of rotatable bonds is 18. The zero-order valence-electron chi connectivity index (χ0n) is 67.9. The summed E-state index contributed by atoms with van der Waals surface area (Å²) in [6.07, 6.45) is -25.2. The summed E-state index contributed by atoms with van der Waals surface area (Å²) in [5.74, 6) is -22.8. The molecule has 7 aliphatic rings. The van der Waals surface area contributed by atoms with Gasteiger partial charge in [0, 0.05) is 46.9 Å². The summed E-state index contributed by atoms with van der Waals surface area (Å²) in [7, 11) is 1.44. The number of hydrogen-bond acceptors (Lipinski definition) is 28. The van der Waals surface area contributed by atoms with Gasteiger partial charge in [-0.1, -0.05) is 67.4 Å². The summed E-state index contributed by atoms with van der Waals surface area (Å²) < 4.78 is 93.6. The van der Waals surface area contributed by atoms with Crippen LogP contribution in [0.5, 0.6) is 46.0 Å². The number of anilines is 1. The number of carbonyl (C=O) groups excluding carboxylic acids is 11. The minimum absolute atomic E-state index is 0.0491. The summed E-state index contributed by atoms with van der Waals surface area (Å²) in [6, 6.07) is 5.58. The quantitative estimate of drug-likeness (QED) is 0.0331. The number of aromatic hydroxyl groups is 3. The van der Waals surface area contributed by atoms with E-state index >= 15 is 24.0 Å². The minimum Gasteiger partial charge on any atom is -0.508 e. The van der Waals surface area contributed by atoms with Gasteiger partial charge in [-0.15, -0.1) is 0 Å². The van der Waals surface area contributed by atoms with E-state index in [1.165, 1.54) is 32.2 Å². The van der Waals surface area contributed by atoms with Gasteiger partial charge in [-0.05, 0) is 152 Å². The number of fused-ring (bicyclic) bond motifs is 15. The van der Waals surface area contributed by atoms with Crippen LogP contribution in [0, 0.1) is 11.7 Å². The number of hydrazine groups is 1. The van der Waals surface area contributed by atoms with Crippen molar-refractivity contribution >= 4 is 93.9 Å². The zero-order valence-corrected chi connectivity index (χ0v) is 69.4. The smallest absolute Gasteiger partial charge is 0.419 e. The Labute approximate surface area is 732 Å². The zero-order chi connectivity index (χ0) is 93.1. The number of likely N-dealkylation sites (N-methyl/N-ethyl adjacent to an activating group) is 1. The lowest BCUT2D eigenvalue weighted by Crippen LogP contribution is -2.65. The molecular formula is C83H87Cl2F4N13O26. The molecule has 11 bridgehead atoms. The van der Waals surface area contributed by atoms with E-state index in [1.807, 2.05) is 5.43 Å². The van der Waals surface area contributed by atoms with E-state index in [2.05, 4.69) is 47.9 Å². The van der Waals surface area contributed by atoms with Crippen LogP contribution >= 0.6 is 23.2 Å².